The van der Waals surface area contributed by atoms with E-state index in [1.165, 1.54) is 11.3 Å². The molecule has 2 aromatic rings. The molecule has 108 valence electrons. The normalized spacial score (nSPS) is 12.3. The molecule has 1 unspecified atom stereocenters. The Labute approximate surface area is 138 Å². The molecule has 0 bridgehead atoms. The third-order valence-corrected chi connectivity index (χ3v) is 4.78. The van der Waals surface area contributed by atoms with Crippen molar-refractivity contribution in [2.24, 2.45) is 0 Å². The van der Waals surface area contributed by atoms with E-state index in [4.69, 9.17) is 34.8 Å². The molecule has 0 aliphatic carbocycles. The van der Waals surface area contributed by atoms with Crippen molar-refractivity contribution in [1.82, 2.24) is 0 Å². The molecule has 1 atom stereocenters. The summed E-state index contributed by atoms with van der Waals surface area (Å²) < 4.78 is 1.40. The quantitative estimate of drug-likeness (QED) is 0.734. The number of benzene rings is 1. The standard InChI is InChI=1S/C14H15Cl3N2S/c1-8(9-7-12(16)20-14(9)17)18-11-6-4-5-10(15)13(11)19(2)3/h4-8,18H,1-3H3. The second-order valence-electron chi connectivity index (χ2n) is 4.68. The Morgan fingerprint density at radius 1 is 1.20 bits per heavy atom. The lowest BCUT2D eigenvalue weighted by molar-refractivity contribution is 0.889. The highest BCUT2D eigenvalue weighted by Crippen LogP contribution is 2.38. The van der Waals surface area contributed by atoms with Crippen LogP contribution in [0, 0.1) is 0 Å². The van der Waals surface area contributed by atoms with Crippen molar-refractivity contribution >= 4 is 57.5 Å². The molecule has 0 aliphatic rings. The molecule has 0 fully saturated rings. The maximum absolute atomic E-state index is 6.26. The van der Waals surface area contributed by atoms with E-state index in [1.54, 1.807) is 0 Å². The number of anilines is 2. The smallest absolute Gasteiger partial charge is 0.0996 e. The number of para-hydroxylation sites is 1. The Kier molecular flexibility index (Phi) is 5.08. The molecule has 0 saturated carbocycles. The Hall–Kier alpha value is -0.610. The van der Waals surface area contributed by atoms with Gasteiger partial charge >= 0.3 is 0 Å². The maximum Gasteiger partial charge on any atom is 0.0996 e. The number of halogens is 3. The molecule has 6 heteroatoms. The fourth-order valence-corrected chi connectivity index (χ4v) is 4.03. The summed E-state index contributed by atoms with van der Waals surface area (Å²) in [6.45, 7) is 2.05. The van der Waals surface area contributed by atoms with Gasteiger partial charge in [0.15, 0.2) is 0 Å². The third-order valence-electron chi connectivity index (χ3n) is 2.96. The fraction of sp³-hybridized carbons (Fsp3) is 0.286. The summed E-state index contributed by atoms with van der Waals surface area (Å²) in [5.74, 6) is 0. The average Bonchev–Trinajstić information content (AvgIpc) is 2.68. The van der Waals surface area contributed by atoms with Crippen molar-refractivity contribution in [1.29, 1.82) is 0 Å². The van der Waals surface area contributed by atoms with Gasteiger partial charge in [-0.25, -0.2) is 0 Å². The number of hydrogen-bond donors (Lipinski definition) is 1. The van der Waals surface area contributed by atoms with Gasteiger partial charge in [-0.15, -0.1) is 11.3 Å². The van der Waals surface area contributed by atoms with Crippen LogP contribution in [-0.4, -0.2) is 14.1 Å². The van der Waals surface area contributed by atoms with Crippen LogP contribution in [0.2, 0.25) is 13.7 Å². The van der Waals surface area contributed by atoms with E-state index in [-0.39, 0.29) is 6.04 Å². The predicted octanol–water partition coefficient (Wildman–Crippen LogP) is 5.95. The highest BCUT2D eigenvalue weighted by atomic mass is 35.5. The van der Waals surface area contributed by atoms with Crippen LogP contribution >= 0.6 is 46.1 Å². The van der Waals surface area contributed by atoms with Gasteiger partial charge < -0.3 is 10.2 Å². The first kappa shape index (κ1) is 15.8. The molecule has 0 saturated heterocycles. The van der Waals surface area contributed by atoms with Gasteiger partial charge in [-0.2, -0.15) is 0 Å². The van der Waals surface area contributed by atoms with Gasteiger partial charge in [0.1, 0.15) is 0 Å². The molecule has 2 nitrogen and oxygen atoms in total. The zero-order chi connectivity index (χ0) is 14.9. The molecular weight excluding hydrogens is 335 g/mol. The van der Waals surface area contributed by atoms with E-state index in [0.717, 1.165) is 16.9 Å². The first-order valence-electron chi connectivity index (χ1n) is 6.07. The van der Waals surface area contributed by atoms with Crippen molar-refractivity contribution in [2.75, 3.05) is 24.3 Å². The van der Waals surface area contributed by atoms with Crippen molar-refractivity contribution in [2.45, 2.75) is 13.0 Å². The zero-order valence-electron chi connectivity index (χ0n) is 11.4. The summed E-state index contributed by atoms with van der Waals surface area (Å²) >= 11 is 19.8. The van der Waals surface area contributed by atoms with Crippen LogP contribution in [0.1, 0.15) is 18.5 Å². The summed E-state index contributed by atoms with van der Waals surface area (Å²) in [7, 11) is 3.93. The minimum absolute atomic E-state index is 0.0448. The summed E-state index contributed by atoms with van der Waals surface area (Å²) in [4.78, 5) is 1.99. The molecular formula is C14H15Cl3N2S. The lowest BCUT2D eigenvalue weighted by atomic mass is 10.1. The average molecular weight is 350 g/mol. The van der Waals surface area contributed by atoms with Crippen molar-refractivity contribution in [3.8, 4) is 0 Å². The van der Waals surface area contributed by atoms with E-state index in [0.29, 0.717) is 13.7 Å². The summed E-state index contributed by atoms with van der Waals surface area (Å²) in [6.07, 6.45) is 0. The second-order valence-corrected chi connectivity index (χ2v) is 7.37. The SMILES string of the molecule is CC(Nc1cccc(Cl)c1N(C)C)c1cc(Cl)sc1Cl. The van der Waals surface area contributed by atoms with E-state index in [1.807, 2.05) is 50.2 Å². The molecule has 1 heterocycles. The molecule has 0 radical (unpaired) electrons. The molecule has 20 heavy (non-hydrogen) atoms. The number of thiophene rings is 1. The minimum atomic E-state index is 0.0448. The largest absolute Gasteiger partial charge is 0.377 e. The third kappa shape index (κ3) is 3.34. The number of rotatable bonds is 4. The van der Waals surface area contributed by atoms with Gasteiger partial charge in [0.25, 0.3) is 0 Å². The topological polar surface area (TPSA) is 15.3 Å². The summed E-state index contributed by atoms with van der Waals surface area (Å²) in [5, 5.41) is 4.15. The summed E-state index contributed by atoms with van der Waals surface area (Å²) in [5.41, 5.74) is 2.92. The summed E-state index contributed by atoms with van der Waals surface area (Å²) in [6, 6.07) is 7.74. The number of hydrogen-bond acceptors (Lipinski definition) is 3. The van der Waals surface area contributed by atoms with Gasteiger partial charge in [0.05, 0.1) is 31.1 Å². The van der Waals surface area contributed by atoms with Crippen molar-refractivity contribution < 1.29 is 0 Å². The Balaban J connectivity index is 2.30. The molecule has 0 aliphatic heterocycles. The molecule has 1 aromatic heterocycles. The van der Waals surface area contributed by atoms with Crippen LogP contribution < -0.4 is 10.2 Å². The fourth-order valence-electron chi connectivity index (χ4n) is 2.05. The van der Waals surface area contributed by atoms with Crippen molar-refractivity contribution in [3.05, 3.63) is 43.5 Å². The molecule has 1 aromatic carbocycles. The predicted molar refractivity (Wildman–Crippen MR) is 92.2 cm³/mol. The molecule has 0 amide bonds. The lowest BCUT2D eigenvalue weighted by Crippen LogP contribution is -2.14. The Bertz CT molecular complexity index is 610. The highest BCUT2D eigenvalue weighted by molar-refractivity contribution is 7.20. The van der Waals surface area contributed by atoms with Gasteiger partial charge in [0.2, 0.25) is 0 Å². The van der Waals surface area contributed by atoms with Crippen LogP contribution in [0.3, 0.4) is 0 Å². The van der Waals surface area contributed by atoms with Gasteiger partial charge in [-0.3, -0.25) is 0 Å². The highest BCUT2D eigenvalue weighted by Gasteiger charge is 2.16. The Morgan fingerprint density at radius 3 is 2.45 bits per heavy atom. The molecule has 1 N–H and O–H groups in total. The first-order valence-corrected chi connectivity index (χ1v) is 8.02. The first-order chi connectivity index (χ1) is 9.40. The van der Waals surface area contributed by atoms with Crippen LogP contribution in [-0.2, 0) is 0 Å². The Morgan fingerprint density at radius 2 is 1.90 bits per heavy atom. The van der Waals surface area contributed by atoms with Gasteiger partial charge in [-0.05, 0) is 25.1 Å². The van der Waals surface area contributed by atoms with Gasteiger partial charge in [-0.1, -0.05) is 40.9 Å². The minimum Gasteiger partial charge on any atom is -0.377 e. The van der Waals surface area contributed by atoms with Crippen LogP contribution in [0.5, 0.6) is 0 Å². The molecule has 2 rings (SSSR count). The van der Waals surface area contributed by atoms with Crippen LogP contribution in [0.4, 0.5) is 11.4 Å². The van der Waals surface area contributed by atoms with E-state index >= 15 is 0 Å². The lowest BCUT2D eigenvalue weighted by Gasteiger charge is -2.23. The maximum atomic E-state index is 6.26. The van der Waals surface area contributed by atoms with Crippen LogP contribution in [0.25, 0.3) is 0 Å². The van der Waals surface area contributed by atoms with Gasteiger partial charge in [0, 0.05) is 19.7 Å². The van der Waals surface area contributed by atoms with E-state index in [9.17, 15) is 0 Å². The zero-order valence-corrected chi connectivity index (χ0v) is 14.5. The van der Waals surface area contributed by atoms with E-state index < -0.39 is 0 Å². The number of nitrogens with one attached hydrogen (secondary N) is 1. The molecule has 0 spiro atoms. The monoisotopic (exact) mass is 348 g/mol. The number of nitrogens with zero attached hydrogens (tertiary/aromatic N) is 1. The second kappa shape index (κ2) is 6.44. The van der Waals surface area contributed by atoms with Crippen molar-refractivity contribution in [3.63, 3.8) is 0 Å². The van der Waals surface area contributed by atoms with E-state index in [2.05, 4.69) is 5.32 Å². The van der Waals surface area contributed by atoms with Crippen LogP contribution in [0.15, 0.2) is 24.3 Å².